The van der Waals surface area contributed by atoms with E-state index < -0.39 is 23.2 Å². The first-order valence-electron chi connectivity index (χ1n) is 5.20. The van der Waals surface area contributed by atoms with Crippen molar-refractivity contribution in [2.45, 2.75) is 13.3 Å². The Balaban J connectivity index is 2.71. The van der Waals surface area contributed by atoms with Crippen LogP contribution in [0.5, 0.6) is 0 Å². The third kappa shape index (κ3) is 4.54. The Hall–Kier alpha value is -2.77. The molecule has 0 aliphatic carbocycles. The molecule has 1 aromatic carbocycles. The predicted molar refractivity (Wildman–Crippen MR) is 65.7 cm³/mol. The summed E-state index contributed by atoms with van der Waals surface area (Å²) in [6.07, 6.45) is -0.670. The van der Waals surface area contributed by atoms with Crippen LogP contribution in [-0.2, 0) is 9.59 Å². The van der Waals surface area contributed by atoms with E-state index in [1.54, 1.807) is 6.92 Å². The van der Waals surface area contributed by atoms with Crippen LogP contribution >= 0.6 is 0 Å². The summed E-state index contributed by atoms with van der Waals surface area (Å²) in [6.45, 7) is 1.59. The molecule has 0 fully saturated rings. The lowest BCUT2D eigenvalue weighted by Crippen LogP contribution is -2.22. The highest BCUT2D eigenvalue weighted by atomic mass is 16.6. The molecule has 0 atom stereocenters. The van der Waals surface area contributed by atoms with Crippen LogP contribution in [0.15, 0.2) is 29.4 Å². The fourth-order valence-corrected chi connectivity index (χ4v) is 1.21. The van der Waals surface area contributed by atoms with Crippen LogP contribution in [-0.4, -0.2) is 27.6 Å². The van der Waals surface area contributed by atoms with Crippen molar-refractivity contribution in [3.05, 3.63) is 39.9 Å². The summed E-state index contributed by atoms with van der Waals surface area (Å²) >= 11 is 0. The van der Waals surface area contributed by atoms with Crippen LogP contribution < -0.4 is 5.43 Å². The van der Waals surface area contributed by atoms with E-state index in [2.05, 4.69) is 10.5 Å². The molecular formula is C11H11N3O5. The lowest BCUT2D eigenvalue weighted by molar-refractivity contribution is -0.384. The molecule has 1 amide bonds. The molecular weight excluding hydrogens is 254 g/mol. The number of benzene rings is 1. The van der Waals surface area contributed by atoms with Gasteiger partial charge >= 0.3 is 5.97 Å². The molecule has 0 aliphatic rings. The molecule has 0 radical (unpaired) electrons. The maximum absolute atomic E-state index is 11.0. The lowest BCUT2D eigenvalue weighted by atomic mass is 10.1. The van der Waals surface area contributed by atoms with Crippen molar-refractivity contribution in [1.82, 2.24) is 5.43 Å². The molecule has 0 bridgehead atoms. The number of carboxylic acids is 1. The molecule has 0 unspecified atom stereocenters. The summed E-state index contributed by atoms with van der Waals surface area (Å²) in [4.78, 5) is 31.2. The molecule has 0 aromatic heterocycles. The molecule has 0 heterocycles. The highest BCUT2D eigenvalue weighted by Gasteiger charge is 2.08. The monoisotopic (exact) mass is 265 g/mol. The van der Waals surface area contributed by atoms with Gasteiger partial charge in [0.05, 0.1) is 10.6 Å². The van der Waals surface area contributed by atoms with Crippen LogP contribution in [0.1, 0.15) is 18.9 Å². The third-order valence-corrected chi connectivity index (χ3v) is 2.16. The number of carboxylic acid groups (broad SMARTS) is 1. The Morgan fingerprint density at radius 3 is 2.42 bits per heavy atom. The van der Waals surface area contributed by atoms with Gasteiger partial charge in [-0.1, -0.05) is 0 Å². The quantitative estimate of drug-likeness (QED) is 0.354. The highest BCUT2D eigenvalue weighted by Crippen LogP contribution is 2.12. The van der Waals surface area contributed by atoms with E-state index in [-0.39, 0.29) is 5.69 Å². The molecule has 0 saturated carbocycles. The number of nitrogens with one attached hydrogen (secondary N) is 1. The highest BCUT2D eigenvalue weighted by molar-refractivity contribution is 6.00. The summed E-state index contributed by atoms with van der Waals surface area (Å²) in [5.74, 6) is -1.99. The third-order valence-electron chi connectivity index (χ3n) is 2.16. The molecule has 100 valence electrons. The van der Waals surface area contributed by atoms with Crippen molar-refractivity contribution in [2.75, 3.05) is 0 Å². The van der Waals surface area contributed by atoms with Crippen LogP contribution in [0.4, 0.5) is 5.69 Å². The van der Waals surface area contributed by atoms with E-state index in [0.29, 0.717) is 11.3 Å². The Kier molecular flexibility index (Phi) is 4.69. The minimum atomic E-state index is -1.25. The van der Waals surface area contributed by atoms with Crippen molar-refractivity contribution in [3.8, 4) is 0 Å². The SMILES string of the molecule is CC(=NNC(=O)CC(=O)O)c1ccc([N+](=O)[O-])cc1. The van der Waals surface area contributed by atoms with Gasteiger partial charge in [0.1, 0.15) is 6.42 Å². The number of carbonyl (C=O) groups is 2. The first-order valence-corrected chi connectivity index (χ1v) is 5.20. The number of hydrogen-bond donors (Lipinski definition) is 2. The zero-order valence-corrected chi connectivity index (χ0v) is 9.99. The lowest BCUT2D eigenvalue weighted by Gasteiger charge is -2.01. The van der Waals surface area contributed by atoms with Gasteiger partial charge in [0.25, 0.3) is 11.6 Å². The number of nitrogens with zero attached hydrogens (tertiary/aromatic N) is 2. The Morgan fingerprint density at radius 1 is 1.37 bits per heavy atom. The van der Waals surface area contributed by atoms with E-state index in [9.17, 15) is 19.7 Å². The van der Waals surface area contributed by atoms with Crippen LogP contribution in [0, 0.1) is 10.1 Å². The fourth-order valence-electron chi connectivity index (χ4n) is 1.21. The summed E-state index contributed by atoms with van der Waals surface area (Å²) in [5.41, 5.74) is 3.03. The minimum absolute atomic E-state index is 0.0496. The van der Waals surface area contributed by atoms with Crippen molar-refractivity contribution in [3.63, 3.8) is 0 Å². The molecule has 0 aliphatic heterocycles. The molecule has 8 nitrogen and oxygen atoms in total. The summed E-state index contributed by atoms with van der Waals surface area (Å²) < 4.78 is 0. The Morgan fingerprint density at radius 2 is 1.95 bits per heavy atom. The molecule has 2 N–H and O–H groups in total. The van der Waals surface area contributed by atoms with Gasteiger partial charge in [0.2, 0.25) is 0 Å². The number of non-ortho nitro benzene ring substituents is 1. The average molecular weight is 265 g/mol. The second-order valence-corrected chi connectivity index (χ2v) is 3.61. The second-order valence-electron chi connectivity index (χ2n) is 3.61. The number of nitro benzene ring substituents is 1. The number of rotatable bonds is 5. The average Bonchev–Trinajstić information content (AvgIpc) is 2.35. The predicted octanol–water partition coefficient (Wildman–Crippen LogP) is 0.910. The Labute approximate surface area is 107 Å². The van der Waals surface area contributed by atoms with Gasteiger partial charge in [-0.2, -0.15) is 5.10 Å². The Bertz CT molecular complexity index is 536. The van der Waals surface area contributed by atoms with Crippen molar-refractivity contribution in [2.24, 2.45) is 5.10 Å². The number of amides is 1. The van der Waals surface area contributed by atoms with E-state index >= 15 is 0 Å². The molecule has 0 spiro atoms. The summed E-state index contributed by atoms with van der Waals surface area (Å²) in [5, 5.41) is 22.5. The first kappa shape index (κ1) is 14.3. The summed E-state index contributed by atoms with van der Waals surface area (Å²) in [7, 11) is 0. The van der Waals surface area contributed by atoms with Crippen molar-refractivity contribution >= 4 is 23.3 Å². The number of hydrazone groups is 1. The van der Waals surface area contributed by atoms with E-state index in [4.69, 9.17) is 5.11 Å². The van der Waals surface area contributed by atoms with Crippen molar-refractivity contribution in [1.29, 1.82) is 0 Å². The maximum atomic E-state index is 11.0. The van der Waals surface area contributed by atoms with Gasteiger partial charge < -0.3 is 5.11 Å². The maximum Gasteiger partial charge on any atom is 0.312 e. The normalized spacial score (nSPS) is 10.9. The molecule has 8 heteroatoms. The number of hydrogen-bond acceptors (Lipinski definition) is 5. The molecule has 1 aromatic rings. The van der Waals surface area contributed by atoms with Gasteiger partial charge in [-0.05, 0) is 24.6 Å². The van der Waals surface area contributed by atoms with Gasteiger partial charge in [-0.15, -0.1) is 0 Å². The van der Waals surface area contributed by atoms with Gasteiger partial charge in [0, 0.05) is 12.1 Å². The smallest absolute Gasteiger partial charge is 0.312 e. The molecule has 1 rings (SSSR count). The zero-order chi connectivity index (χ0) is 14.4. The van der Waals surface area contributed by atoms with Crippen LogP contribution in [0.25, 0.3) is 0 Å². The van der Waals surface area contributed by atoms with Gasteiger partial charge in [-0.3, -0.25) is 19.7 Å². The fraction of sp³-hybridized carbons (Fsp3) is 0.182. The standard InChI is InChI=1S/C11H11N3O5/c1-7(12-13-10(15)6-11(16)17)8-2-4-9(5-3-8)14(18)19/h2-5H,6H2,1H3,(H,13,15)(H,16,17). The van der Waals surface area contributed by atoms with Gasteiger partial charge in [0.15, 0.2) is 0 Å². The number of nitro groups is 1. The molecule has 19 heavy (non-hydrogen) atoms. The second kappa shape index (κ2) is 6.24. The number of carbonyl (C=O) groups excluding carboxylic acids is 1. The largest absolute Gasteiger partial charge is 0.481 e. The first-order chi connectivity index (χ1) is 8.90. The summed E-state index contributed by atoms with van der Waals surface area (Å²) in [6, 6.07) is 5.60. The number of aliphatic carboxylic acids is 1. The van der Waals surface area contributed by atoms with Crippen LogP contribution in [0.3, 0.4) is 0 Å². The van der Waals surface area contributed by atoms with E-state index in [1.807, 2.05) is 0 Å². The van der Waals surface area contributed by atoms with Crippen LogP contribution in [0.2, 0.25) is 0 Å². The van der Waals surface area contributed by atoms with Crippen molar-refractivity contribution < 1.29 is 19.6 Å². The minimum Gasteiger partial charge on any atom is -0.481 e. The van der Waals surface area contributed by atoms with E-state index in [1.165, 1.54) is 24.3 Å². The zero-order valence-electron chi connectivity index (χ0n) is 9.99. The van der Waals surface area contributed by atoms with E-state index in [0.717, 1.165) is 0 Å². The molecule has 0 saturated heterocycles. The topological polar surface area (TPSA) is 122 Å². The van der Waals surface area contributed by atoms with Gasteiger partial charge in [-0.25, -0.2) is 5.43 Å².